The molecular formula is C9H7NO2S. The molecule has 0 radical (unpaired) electrons. The first-order valence-corrected chi connectivity index (χ1v) is 4.61. The minimum atomic E-state index is -0.345. The number of nitrogens with zero attached hydrogens (tertiary/aromatic N) is 1. The average Bonchev–Trinajstić information content (AvgIpc) is 2.63. The van der Waals surface area contributed by atoms with E-state index >= 15 is 0 Å². The lowest BCUT2D eigenvalue weighted by atomic mass is 10.3. The predicted molar refractivity (Wildman–Crippen MR) is 51.0 cm³/mol. The number of hydrogen-bond acceptors (Lipinski definition) is 4. The van der Waals surface area contributed by atoms with Crippen molar-refractivity contribution in [3.8, 4) is 0 Å². The molecule has 0 saturated carbocycles. The van der Waals surface area contributed by atoms with Crippen LogP contribution in [0.25, 0.3) is 10.2 Å². The summed E-state index contributed by atoms with van der Waals surface area (Å²) in [6.45, 7) is 0. The highest BCUT2D eigenvalue weighted by Gasteiger charge is 2.06. The second-order valence-corrected chi connectivity index (χ2v) is 3.47. The number of ether oxygens (including phenoxy) is 1. The number of methoxy groups -OCH3 is 1. The summed E-state index contributed by atoms with van der Waals surface area (Å²) in [7, 11) is 1.36. The summed E-state index contributed by atoms with van der Waals surface area (Å²) in [4.78, 5) is 15.2. The van der Waals surface area contributed by atoms with Crippen LogP contribution in [0.1, 0.15) is 10.4 Å². The molecule has 66 valence electrons. The summed E-state index contributed by atoms with van der Waals surface area (Å²) in [5.41, 5.74) is 1.41. The summed E-state index contributed by atoms with van der Waals surface area (Å²) in [6, 6.07) is 3.71. The number of pyridine rings is 1. The third-order valence-electron chi connectivity index (χ3n) is 1.72. The maximum absolute atomic E-state index is 11.1. The van der Waals surface area contributed by atoms with Crippen LogP contribution in [-0.2, 0) is 4.74 Å². The molecule has 2 aromatic rings. The molecule has 0 spiro atoms. The SMILES string of the molecule is COC(=O)c1cnc2ccsc2c1. The van der Waals surface area contributed by atoms with Gasteiger partial charge in [-0.2, -0.15) is 0 Å². The molecule has 2 heterocycles. The Morgan fingerprint density at radius 3 is 3.23 bits per heavy atom. The largest absolute Gasteiger partial charge is 0.465 e. The van der Waals surface area contributed by atoms with Gasteiger partial charge >= 0.3 is 5.97 Å². The van der Waals surface area contributed by atoms with Gasteiger partial charge in [0.05, 0.1) is 22.9 Å². The van der Waals surface area contributed by atoms with Crippen molar-refractivity contribution in [1.82, 2.24) is 4.98 Å². The maximum atomic E-state index is 11.1. The Labute approximate surface area is 79.0 Å². The van der Waals surface area contributed by atoms with Crippen LogP contribution in [0.3, 0.4) is 0 Å². The molecule has 2 rings (SSSR count). The third-order valence-corrected chi connectivity index (χ3v) is 2.58. The van der Waals surface area contributed by atoms with E-state index in [0.717, 1.165) is 10.2 Å². The minimum absolute atomic E-state index is 0.345. The first-order chi connectivity index (χ1) is 6.31. The lowest BCUT2D eigenvalue weighted by Gasteiger charge is -1.97. The van der Waals surface area contributed by atoms with E-state index in [1.807, 2.05) is 11.4 Å². The fraction of sp³-hybridized carbons (Fsp3) is 0.111. The Bertz CT molecular complexity index is 450. The van der Waals surface area contributed by atoms with Gasteiger partial charge in [-0.1, -0.05) is 0 Å². The quantitative estimate of drug-likeness (QED) is 0.651. The van der Waals surface area contributed by atoms with E-state index in [4.69, 9.17) is 0 Å². The third kappa shape index (κ3) is 1.40. The first kappa shape index (κ1) is 8.19. The molecule has 0 unspecified atom stereocenters. The Balaban J connectivity index is 2.54. The van der Waals surface area contributed by atoms with Gasteiger partial charge in [-0.15, -0.1) is 11.3 Å². The number of carbonyl (C=O) groups excluding carboxylic acids is 1. The first-order valence-electron chi connectivity index (χ1n) is 3.73. The summed E-state index contributed by atoms with van der Waals surface area (Å²) >= 11 is 1.56. The van der Waals surface area contributed by atoms with Gasteiger partial charge in [0, 0.05) is 6.20 Å². The number of fused-ring (bicyclic) bond motifs is 1. The summed E-state index contributed by atoms with van der Waals surface area (Å²) in [5.74, 6) is -0.345. The molecule has 0 amide bonds. The van der Waals surface area contributed by atoms with Crippen LogP contribution in [0, 0.1) is 0 Å². The fourth-order valence-electron chi connectivity index (χ4n) is 1.08. The van der Waals surface area contributed by atoms with Crippen LogP contribution >= 0.6 is 11.3 Å². The number of esters is 1. The van der Waals surface area contributed by atoms with Crippen molar-refractivity contribution in [3.05, 3.63) is 29.3 Å². The number of rotatable bonds is 1. The van der Waals surface area contributed by atoms with Crippen molar-refractivity contribution < 1.29 is 9.53 Å². The van der Waals surface area contributed by atoms with E-state index in [9.17, 15) is 4.79 Å². The zero-order valence-electron chi connectivity index (χ0n) is 6.98. The summed E-state index contributed by atoms with van der Waals surface area (Å²) in [6.07, 6.45) is 1.53. The molecule has 0 N–H and O–H groups in total. The molecule has 0 saturated heterocycles. The standard InChI is InChI=1S/C9H7NO2S/c1-12-9(11)6-4-8-7(10-5-6)2-3-13-8/h2-5H,1H3. The average molecular weight is 193 g/mol. The Morgan fingerprint density at radius 2 is 2.46 bits per heavy atom. The second kappa shape index (κ2) is 3.14. The molecular weight excluding hydrogens is 186 g/mol. The van der Waals surface area contributed by atoms with E-state index in [2.05, 4.69) is 9.72 Å². The Morgan fingerprint density at radius 1 is 1.62 bits per heavy atom. The molecule has 3 nitrogen and oxygen atoms in total. The van der Waals surface area contributed by atoms with Gasteiger partial charge in [0.25, 0.3) is 0 Å². The summed E-state index contributed by atoms with van der Waals surface area (Å²) < 4.78 is 5.59. The van der Waals surface area contributed by atoms with Crippen molar-refractivity contribution >= 4 is 27.5 Å². The monoisotopic (exact) mass is 193 g/mol. The van der Waals surface area contributed by atoms with E-state index in [-0.39, 0.29) is 5.97 Å². The lowest BCUT2D eigenvalue weighted by Crippen LogP contribution is -2.00. The van der Waals surface area contributed by atoms with Crippen molar-refractivity contribution in [1.29, 1.82) is 0 Å². The molecule has 13 heavy (non-hydrogen) atoms. The van der Waals surface area contributed by atoms with Crippen LogP contribution in [0.15, 0.2) is 23.7 Å². The highest BCUT2D eigenvalue weighted by molar-refractivity contribution is 7.17. The lowest BCUT2D eigenvalue weighted by molar-refractivity contribution is 0.0600. The highest BCUT2D eigenvalue weighted by atomic mass is 32.1. The Hall–Kier alpha value is -1.42. The van der Waals surface area contributed by atoms with E-state index < -0.39 is 0 Å². The van der Waals surface area contributed by atoms with Crippen LogP contribution in [0.2, 0.25) is 0 Å². The van der Waals surface area contributed by atoms with Crippen molar-refractivity contribution in [3.63, 3.8) is 0 Å². The fourth-order valence-corrected chi connectivity index (χ4v) is 1.86. The molecule has 0 aliphatic heterocycles. The number of hydrogen-bond donors (Lipinski definition) is 0. The molecule has 0 fully saturated rings. The molecule has 0 aliphatic carbocycles. The van der Waals surface area contributed by atoms with E-state index in [1.165, 1.54) is 13.3 Å². The van der Waals surface area contributed by atoms with Gasteiger partial charge in [0.2, 0.25) is 0 Å². The number of thiophene rings is 1. The predicted octanol–water partition coefficient (Wildman–Crippen LogP) is 2.08. The Kier molecular flexibility index (Phi) is 1.98. The molecule has 0 aromatic carbocycles. The van der Waals surface area contributed by atoms with E-state index in [0.29, 0.717) is 5.56 Å². The van der Waals surface area contributed by atoms with E-state index in [1.54, 1.807) is 17.4 Å². The van der Waals surface area contributed by atoms with Crippen LogP contribution in [-0.4, -0.2) is 18.1 Å². The summed E-state index contributed by atoms with van der Waals surface area (Å²) in [5, 5.41) is 1.94. The number of carbonyl (C=O) groups is 1. The van der Waals surface area contributed by atoms with Crippen LogP contribution in [0.5, 0.6) is 0 Å². The molecule has 0 bridgehead atoms. The van der Waals surface area contributed by atoms with Crippen molar-refractivity contribution in [2.24, 2.45) is 0 Å². The van der Waals surface area contributed by atoms with Crippen molar-refractivity contribution in [2.75, 3.05) is 7.11 Å². The molecule has 0 aliphatic rings. The smallest absolute Gasteiger partial charge is 0.339 e. The van der Waals surface area contributed by atoms with Gasteiger partial charge < -0.3 is 4.74 Å². The molecule has 4 heteroatoms. The minimum Gasteiger partial charge on any atom is -0.465 e. The highest BCUT2D eigenvalue weighted by Crippen LogP contribution is 2.19. The van der Waals surface area contributed by atoms with Crippen molar-refractivity contribution in [2.45, 2.75) is 0 Å². The van der Waals surface area contributed by atoms with Gasteiger partial charge in [-0.3, -0.25) is 4.98 Å². The van der Waals surface area contributed by atoms with Gasteiger partial charge in [-0.05, 0) is 17.5 Å². The van der Waals surface area contributed by atoms with Gasteiger partial charge in [-0.25, -0.2) is 4.79 Å². The topological polar surface area (TPSA) is 39.2 Å². The second-order valence-electron chi connectivity index (χ2n) is 2.52. The number of aromatic nitrogens is 1. The zero-order chi connectivity index (χ0) is 9.26. The molecule has 2 aromatic heterocycles. The van der Waals surface area contributed by atoms with Crippen LogP contribution in [0.4, 0.5) is 0 Å². The van der Waals surface area contributed by atoms with Crippen LogP contribution < -0.4 is 0 Å². The normalized spacial score (nSPS) is 10.2. The maximum Gasteiger partial charge on any atom is 0.339 e. The van der Waals surface area contributed by atoms with Gasteiger partial charge in [0.15, 0.2) is 0 Å². The van der Waals surface area contributed by atoms with Gasteiger partial charge in [0.1, 0.15) is 0 Å². The molecule has 0 atom stereocenters. The zero-order valence-corrected chi connectivity index (χ0v) is 7.80.